The number of carbonyl (C=O) groups excluding carboxylic acids is 1. The molecule has 0 spiro atoms. The lowest BCUT2D eigenvalue weighted by atomic mass is 10.1. The van der Waals surface area contributed by atoms with Crippen molar-refractivity contribution in [2.75, 3.05) is 0 Å². The molecule has 2 rings (SSSR count). The van der Waals surface area contributed by atoms with Crippen LogP contribution in [0.25, 0.3) is 0 Å². The summed E-state index contributed by atoms with van der Waals surface area (Å²) in [6, 6.07) is 14.9. The average molecular weight is 300 g/mol. The van der Waals surface area contributed by atoms with E-state index in [0.29, 0.717) is 5.56 Å². The molecule has 0 aromatic heterocycles. The molecule has 0 fully saturated rings. The maximum Gasteiger partial charge on any atom is 0.269 e. The van der Waals surface area contributed by atoms with Crippen molar-refractivity contribution >= 4 is 11.6 Å². The van der Waals surface area contributed by atoms with Gasteiger partial charge in [-0.25, -0.2) is 0 Å². The quantitative estimate of drug-likeness (QED) is 0.632. The van der Waals surface area contributed by atoms with E-state index in [9.17, 15) is 20.0 Å². The van der Waals surface area contributed by atoms with Crippen LogP contribution in [0.3, 0.4) is 0 Å². The maximum absolute atomic E-state index is 11.8. The summed E-state index contributed by atoms with van der Waals surface area (Å²) >= 11 is 0. The summed E-state index contributed by atoms with van der Waals surface area (Å²) in [4.78, 5) is 21.9. The Kier molecular flexibility index (Phi) is 5.21. The zero-order valence-electron chi connectivity index (χ0n) is 11.8. The summed E-state index contributed by atoms with van der Waals surface area (Å²) in [7, 11) is 0. The van der Waals surface area contributed by atoms with Crippen LogP contribution in [0.5, 0.6) is 0 Å². The van der Waals surface area contributed by atoms with Crippen molar-refractivity contribution in [3.8, 4) is 0 Å². The highest BCUT2D eigenvalue weighted by Crippen LogP contribution is 2.16. The number of carbonyl (C=O) groups is 1. The van der Waals surface area contributed by atoms with Crippen LogP contribution in [0.15, 0.2) is 54.6 Å². The first-order chi connectivity index (χ1) is 10.6. The molecule has 0 bridgehead atoms. The highest BCUT2D eigenvalue weighted by molar-refractivity contribution is 5.76. The lowest BCUT2D eigenvalue weighted by Crippen LogP contribution is -2.24. The van der Waals surface area contributed by atoms with Crippen molar-refractivity contribution in [2.24, 2.45) is 0 Å². The van der Waals surface area contributed by atoms with Gasteiger partial charge in [0.2, 0.25) is 5.91 Å². The van der Waals surface area contributed by atoms with Gasteiger partial charge in [-0.05, 0) is 11.1 Å². The minimum absolute atomic E-state index is 0.00887. The predicted molar refractivity (Wildman–Crippen MR) is 81.0 cm³/mol. The summed E-state index contributed by atoms with van der Waals surface area (Å²) in [5, 5.41) is 23.2. The van der Waals surface area contributed by atoms with Crippen LogP contribution in [-0.4, -0.2) is 15.9 Å². The monoisotopic (exact) mass is 300 g/mol. The Morgan fingerprint density at radius 2 is 1.77 bits per heavy atom. The number of nitrogens with one attached hydrogen (secondary N) is 1. The van der Waals surface area contributed by atoms with Gasteiger partial charge in [0.05, 0.1) is 17.4 Å². The number of benzene rings is 2. The fourth-order valence-electron chi connectivity index (χ4n) is 1.98. The summed E-state index contributed by atoms with van der Waals surface area (Å²) < 4.78 is 0. The number of hydrogen-bond acceptors (Lipinski definition) is 4. The van der Waals surface area contributed by atoms with Gasteiger partial charge in [0.25, 0.3) is 5.69 Å². The molecule has 0 saturated carbocycles. The largest absolute Gasteiger partial charge is 0.388 e. The number of non-ortho nitro benzene ring substituents is 1. The second-order valence-electron chi connectivity index (χ2n) is 4.83. The van der Waals surface area contributed by atoms with Crippen molar-refractivity contribution in [1.29, 1.82) is 0 Å². The zero-order valence-corrected chi connectivity index (χ0v) is 11.8. The third-order valence-corrected chi connectivity index (χ3v) is 3.20. The van der Waals surface area contributed by atoms with Gasteiger partial charge in [-0.2, -0.15) is 0 Å². The molecule has 1 atom stereocenters. The molecule has 114 valence electrons. The van der Waals surface area contributed by atoms with E-state index in [1.165, 1.54) is 12.1 Å². The molecule has 0 saturated heterocycles. The Labute approximate surface area is 127 Å². The molecule has 6 heteroatoms. The minimum atomic E-state index is -0.849. The third-order valence-electron chi connectivity index (χ3n) is 3.20. The first-order valence-corrected chi connectivity index (χ1v) is 6.79. The Hall–Kier alpha value is -2.73. The van der Waals surface area contributed by atoms with Crippen molar-refractivity contribution < 1.29 is 14.8 Å². The number of hydrogen-bond donors (Lipinski definition) is 2. The molecular formula is C16H16N2O4. The van der Waals surface area contributed by atoms with E-state index in [4.69, 9.17) is 0 Å². The van der Waals surface area contributed by atoms with Crippen molar-refractivity contribution in [2.45, 2.75) is 19.1 Å². The number of nitrogens with zero attached hydrogens (tertiary/aromatic N) is 1. The zero-order chi connectivity index (χ0) is 15.9. The van der Waals surface area contributed by atoms with Crippen LogP contribution in [0, 0.1) is 10.1 Å². The van der Waals surface area contributed by atoms with Gasteiger partial charge in [-0.3, -0.25) is 14.9 Å². The second kappa shape index (κ2) is 7.33. The molecule has 0 aliphatic rings. The van der Waals surface area contributed by atoms with Crippen molar-refractivity contribution in [1.82, 2.24) is 5.32 Å². The van der Waals surface area contributed by atoms with Gasteiger partial charge in [0, 0.05) is 18.7 Å². The maximum atomic E-state index is 11.8. The van der Waals surface area contributed by atoms with Gasteiger partial charge in [0.1, 0.15) is 0 Å². The van der Waals surface area contributed by atoms with E-state index in [-0.39, 0.29) is 24.6 Å². The Balaban J connectivity index is 1.83. The van der Waals surface area contributed by atoms with Gasteiger partial charge >= 0.3 is 0 Å². The Morgan fingerprint density at radius 3 is 2.36 bits per heavy atom. The van der Waals surface area contributed by atoms with E-state index < -0.39 is 11.0 Å². The van der Waals surface area contributed by atoms with Crippen LogP contribution in [0.2, 0.25) is 0 Å². The van der Waals surface area contributed by atoms with Gasteiger partial charge in [-0.15, -0.1) is 0 Å². The topological polar surface area (TPSA) is 92.5 Å². The molecule has 0 heterocycles. The van der Waals surface area contributed by atoms with Gasteiger partial charge in [0.15, 0.2) is 0 Å². The Bertz CT molecular complexity index is 641. The predicted octanol–water partition coefficient (Wildman–Crippen LogP) is 2.33. The normalized spacial score (nSPS) is 11.7. The molecule has 1 unspecified atom stereocenters. The number of aliphatic hydroxyl groups excluding tert-OH is 1. The lowest BCUT2D eigenvalue weighted by molar-refractivity contribution is -0.384. The molecule has 2 N–H and O–H groups in total. The molecule has 2 aromatic carbocycles. The summed E-state index contributed by atoms with van der Waals surface area (Å²) in [5.41, 5.74) is 1.45. The fraction of sp³-hybridized carbons (Fsp3) is 0.188. The standard InChI is InChI=1S/C16H16N2O4/c19-15(13-4-2-1-3-5-13)10-16(20)17-11-12-6-8-14(9-7-12)18(21)22/h1-9,15,19H,10-11H2,(H,17,20). The van der Waals surface area contributed by atoms with Crippen molar-refractivity contribution in [3.63, 3.8) is 0 Å². The van der Waals surface area contributed by atoms with E-state index in [1.54, 1.807) is 36.4 Å². The molecule has 22 heavy (non-hydrogen) atoms. The van der Waals surface area contributed by atoms with Gasteiger partial charge in [-0.1, -0.05) is 42.5 Å². The van der Waals surface area contributed by atoms with Gasteiger partial charge < -0.3 is 10.4 Å². The SMILES string of the molecule is O=C(CC(O)c1ccccc1)NCc1ccc([N+](=O)[O-])cc1. The van der Waals surface area contributed by atoms with Crippen molar-refractivity contribution in [3.05, 3.63) is 75.8 Å². The smallest absolute Gasteiger partial charge is 0.269 e. The second-order valence-corrected chi connectivity index (χ2v) is 4.83. The highest BCUT2D eigenvalue weighted by Gasteiger charge is 2.12. The third kappa shape index (κ3) is 4.39. The minimum Gasteiger partial charge on any atom is -0.388 e. The van der Waals surface area contributed by atoms with E-state index in [0.717, 1.165) is 5.56 Å². The molecule has 0 radical (unpaired) electrons. The van der Waals surface area contributed by atoms with E-state index >= 15 is 0 Å². The summed E-state index contributed by atoms with van der Waals surface area (Å²) in [6.45, 7) is 0.262. The lowest BCUT2D eigenvalue weighted by Gasteiger charge is -2.11. The highest BCUT2D eigenvalue weighted by atomic mass is 16.6. The average Bonchev–Trinajstić information content (AvgIpc) is 2.54. The summed E-state index contributed by atoms with van der Waals surface area (Å²) in [5.74, 6) is -0.283. The number of nitro groups is 1. The number of rotatable bonds is 6. The van der Waals surface area contributed by atoms with Crippen LogP contribution in [0.1, 0.15) is 23.7 Å². The molecule has 1 amide bonds. The summed E-state index contributed by atoms with van der Waals surface area (Å²) in [6.07, 6.45) is -0.880. The molecule has 2 aromatic rings. The van der Waals surface area contributed by atoms with Crippen LogP contribution in [0.4, 0.5) is 5.69 Å². The first kappa shape index (κ1) is 15.7. The molecule has 6 nitrogen and oxygen atoms in total. The van der Waals surface area contributed by atoms with Crippen LogP contribution >= 0.6 is 0 Å². The van der Waals surface area contributed by atoms with E-state index in [2.05, 4.69) is 5.32 Å². The Morgan fingerprint density at radius 1 is 1.14 bits per heavy atom. The number of amides is 1. The fourth-order valence-corrected chi connectivity index (χ4v) is 1.98. The number of nitro benzene ring substituents is 1. The van der Waals surface area contributed by atoms with Crippen LogP contribution < -0.4 is 5.32 Å². The van der Waals surface area contributed by atoms with Crippen LogP contribution in [-0.2, 0) is 11.3 Å². The molecule has 0 aliphatic heterocycles. The van der Waals surface area contributed by atoms with E-state index in [1.807, 2.05) is 6.07 Å². The first-order valence-electron chi connectivity index (χ1n) is 6.79. The molecular weight excluding hydrogens is 284 g/mol. The molecule has 0 aliphatic carbocycles. The number of aliphatic hydroxyl groups is 1.